The molecule has 1 heterocycles. The van der Waals surface area contributed by atoms with Crippen molar-refractivity contribution in [3.8, 4) is 5.75 Å². The van der Waals surface area contributed by atoms with Crippen molar-refractivity contribution in [1.29, 1.82) is 0 Å². The molecule has 1 saturated heterocycles. The molecule has 0 aromatic heterocycles. The number of hydrogen-bond donors (Lipinski definition) is 1. The van der Waals surface area contributed by atoms with E-state index in [2.05, 4.69) is 0 Å². The Kier molecular flexibility index (Phi) is 6.64. The lowest BCUT2D eigenvalue weighted by Crippen LogP contribution is -2.44. The molecule has 1 fully saturated rings. The zero-order valence-corrected chi connectivity index (χ0v) is 12.9. The second kappa shape index (κ2) is 7.83. The first-order valence-corrected chi connectivity index (χ1v) is 6.82. The SMILES string of the molecule is Cl.NCC(=O)N1CCC(Oc2ccc(C(F)(F)F)cc2F)CC1. The van der Waals surface area contributed by atoms with Gasteiger partial charge in [-0.05, 0) is 18.2 Å². The summed E-state index contributed by atoms with van der Waals surface area (Å²) in [6, 6.07) is 2.18. The summed E-state index contributed by atoms with van der Waals surface area (Å²) in [6.07, 6.45) is -3.97. The minimum absolute atomic E-state index is 0. The smallest absolute Gasteiger partial charge is 0.416 e. The summed E-state index contributed by atoms with van der Waals surface area (Å²) < 4.78 is 56.5. The molecular formula is C14H17ClF4N2O2. The van der Waals surface area contributed by atoms with Gasteiger partial charge in [-0.25, -0.2) is 4.39 Å². The van der Waals surface area contributed by atoms with Gasteiger partial charge in [0.15, 0.2) is 11.6 Å². The van der Waals surface area contributed by atoms with Crippen LogP contribution in [-0.4, -0.2) is 36.5 Å². The number of ether oxygens (including phenoxy) is 1. The summed E-state index contributed by atoms with van der Waals surface area (Å²) in [5, 5.41) is 0. The second-order valence-electron chi connectivity index (χ2n) is 5.05. The molecule has 0 aliphatic carbocycles. The van der Waals surface area contributed by atoms with E-state index in [0.29, 0.717) is 32.0 Å². The van der Waals surface area contributed by atoms with Crippen LogP contribution in [0.1, 0.15) is 18.4 Å². The third-order valence-corrected chi connectivity index (χ3v) is 3.52. The van der Waals surface area contributed by atoms with Crippen LogP contribution in [0.3, 0.4) is 0 Å². The van der Waals surface area contributed by atoms with Gasteiger partial charge in [0.1, 0.15) is 6.10 Å². The van der Waals surface area contributed by atoms with Gasteiger partial charge in [0, 0.05) is 25.9 Å². The predicted molar refractivity (Wildman–Crippen MR) is 77.9 cm³/mol. The minimum atomic E-state index is -4.59. The first kappa shape index (κ1) is 19.5. The lowest BCUT2D eigenvalue weighted by molar-refractivity contribution is -0.137. The number of amides is 1. The Morgan fingerprint density at radius 2 is 1.91 bits per heavy atom. The molecule has 4 nitrogen and oxygen atoms in total. The topological polar surface area (TPSA) is 55.6 Å². The number of hydrogen-bond acceptors (Lipinski definition) is 3. The molecule has 1 aliphatic heterocycles. The summed E-state index contributed by atoms with van der Waals surface area (Å²) in [4.78, 5) is 13.0. The maximum atomic E-state index is 13.7. The summed E-state index contributed by atoms with van der Waals surface area (Å²) in [5.41, 5.74) is 4.21. The number of carbonyl (C=O) groups is 1. The highest BCUT2D eigenvalue weighted by molar-refractivity contribution is 5.85. The number of nitrogens with two attached hydrogens (primary N) is 1. The molecule has 1 amide bonds. The van der Waals surface area contributed by atoms with Crippen molar-refractivity contribution in [1.82, 2.24) is 4.90 Å². The standard InChI is InChI=1S/C14H16F4N2O2.ClH/c15-11-7-9(14(16,17)18)1-2-12(11)22-10-3-5-20(6-4-10)13(21)8-19;/h1-2,7,10H,3-6,8,19H2;1H. The Morgan fingerprint density at radius 1 is 1.30 bits per heavy atom. The predicted octanol–water partition coefficient (Wildman–Crippen LogP) is 2.59. The quantitative estimate of drug-likeness (QED) is 0.847. The van der Waals surface area contributed by atoms with Crippen molar-refractivity contribution < 1.29 is 27.1 Å². The van der Waals surface area contributed by atoms with Gasteiger partial charge < -0.3 is 15.4 Å². The summed E-state index contributed by atoms with van der Waals surface area (Å²) in [7, 11) is 0. The molecule has 0 saturated carbocycles. The molecule has 0 spiro atoms. The van der Waals surface area contributed by atoms with E-state index in [0.717, 1.165) is 12.1 Å². The minimum Gasteiger partial charge on any atom is -0.487 e. The molecule has 1 aliphatic rings. The molecule has 2 N–H and O–H groups in total. The van der Waals surface area contributed by atoms with Crippen molar-refractivity contribution >= 4 is 18.3 Å². The zero-order valence-electron chi connectivity index (χ0n) is 12.1. The Balaban J connectivity index is 0.00000264. The highest BCUT2D eigenvalue weighted by Gasteiger charge is 2.32. The maximum Gasteiger partial charge on any atom is 0.416 e. The number of likely N-dealkylation sites (tertiary alicyclic amines) is 1. The van der Waals surface area contributed by atoms with E-state index >= 15 is 0 Å². The summed E-state index contributed by atoms with van der Waals surface area (Å²) in [6.45, 7) is 0.797. The van der Waals surface area contributed by atoms with E-state index in [9.17, 15) is 22.4 Å². The average molecular weight is 357 g/mol. The molecule has 0 atom stereocenters. The molecule has 0 bridgehead atoms. The lowest BCUT2D eigenvalue weighted by atomic mass is 10.1. The Bertz CT molecular complexity index is 546. The Labute approximate surface area is 137 Å². The maximum absolute atomic E-state index is 13.7. The summed E-state index contributed by atoms with van der Waals surface area (Å²) >= 11 is 0. The third-order valence-electron chi connectivity index (χ3n) is 3.52. The molecule has 9 heteroatoms. The Hall–Kier alpha value is -1.54. The van der Waals surface area contributed by atoms with E-state index in [1.807, 2.05) is 0 Å². The molecule has 1 aromatic rings. The highest BCUT2D eigenvalue weighted by atomic mass is 35.5. The molecule has 23 heavy (non-hydrogen) atoms. The van der Waals surface area contributed by atoms with Gasteiger partial charge in [-0.15, -0.1) is 12.4 Å². The van der Waals surface area contributed by atoms with Gasteiger partial charge in [0.25, 0.3) is 0 Å². The van der Waals surface area contributed by atoms with Crippen LogP contribution in [0, 0.1) is 5.82 Å². The van der Waals surface area contributed by atoms with Crippen LogP contribution in [0.25, 0.3) is 0 Å². The lowest BCUT2D eigenvalue weighted by Gasteiger charge is -2.32. The number of benzene rings is 1. The van der Waals surface area contributed by atoms with E-state index in [4.69, 9.17) is 10.5 Å². The van der Waals surface area contributed by atoms with Crippen LogP contribution < -0.4 is 10.5 Å². The molecular weight excluding hydrogens is 340 g/mol. The van der Waals surface area contributed by atoms with Crippen LogP contribution in [0.4, 0.5) is 17.6 Å². The number of carbonyl (C=O) groups excluding carboxylic acids is 1. The van der Waals surface area contributed by atoms with E-state index in [1.54, 1.807) is 4.90 Å². The first-order chi connectivity index (χ1) is 10.3. The third kappa shape index (κ3) is 4.97. The zero-order chi connectivity index (χ0) is 16.3. The monoisotopic (exact) mass is 356 g/mol. The second-order valence-corrected chi connectivity index (χ2v) is 5.05. The number of alkyl halides is 3. The van der Waals surface area contributed by atoms with Crippen molar-refractivity contribution in [2.24, 2.45) is 5.73 Å². The molecule has 130 valence electrons. The number of rotatable bonds is 3. The van der Waals surface area contributed by atoms with Gasteiger partial charge in [-0.2, -0.15) is 13.2 Å². The number of halogens is 5. The van der Waals surface area contributed by atoms with E-state index in [-0.39, 0.29) is 36.7 Å². The fourth-order valence-electron chi connectivity index (χ4n) is 2.30. The van der Waals surface area contributed by atoms with Crippen molar-refractivity contribution in [3.63, 3.8) is 0 Å². The molecule has 0 radical (unpaired) electrons. The van der Waals surface area contributed by atoms with Crippen LogP contribution in [0.2, 0.25) is 0 Å². The van der Waals surface area contributed by atoms with Gasteiger partial charge in [-0.3, -0.25) is 4.79 Å². The van der Waals surface area contributed by atoms with Crippen molar-refractivity contribution in [2.45, 2.75) is 25.1 Å². The number of piperidine rings is 1. The summed E-state index contributed by atoms with van der Waals surface area (Å²) in [5.74, 6) is -1.42. The fourth-order valence-corrected chi connectivity index (χ4v) is 2.30. The van der Waals surface area contributed by atoms with Gasteiger partial charge >= 0.3 is 6.18 Å². The molecule has 0 unspecified atom stereocenters. The van der Waals surface area contributed by atoms with Crippen LogP contribution in [0.5, 0.6) is 5.75 Å². The van der Waals surface area contributed by atoms with E-state index < -0.39 is 17.6 Å². The van der Waals surface area contributed by atoms with Gasteiger partial charge in [-0.1, -0.05) is 0 Å². The molecule has 2 rings (SSSR count). The van der Waals surface area contributed by atoms with Gasteiger partial charge in [0.05, 0.1) is 12.1 Å². The highest BCUT2D eigenvalue weighted by Crippen LogP contribution is 2.32. The van der Waals surface area contributed by atoms with Crippen LogP contribution in [0.15, 0.2) is 18.2 Å². The average Bonchev–Trinajstić information content (AvgIpc) is 2.48. The molecule has 1 aromatic carbocycles. The van der Waals surface area contributed by atoms with Crippen molar-refractivity contribution in [3.05, 3.63) is 29.6 Å². The van der Waals surface area contributed by atoms with Crippen molar-refractivity contribution in [2.75, 3.05) is 19.6 Å². The largest absolute Gasteiger partial charge is 0.487 e. The van der Waals surface area contributed by atoms with Crippen LogP contribution in [-0.2, 0) is 11.0 Å². The normalized spacial score (nSPS) is 16.0. The first-order valence-electron chi connectivity index (χ1n) is 6.82. The van der Waals surface area contributed by atoms with Gasteiger partial charge in [0.2, 0.25) is 5.91 Å². The Morgan fingerprint density at radius 3 is 2.39 bits per heavy atom. The van der Waals surface area contributed by atoms with Crippen LogP contribution >= 0.6 is 12.4 Å². The van der Waals surface area contributed by atoms with E-state index in [1.165, 1.54) is 0 Å². The fraction of sp³-hybridized carbons (Fsp3) is 0.500. The number of nitrogens with zero attached hydrogens (tertiary/aromatic N) is 1.